The van der Waals surface area contributed by atoms with Gasteiger partial charge in [0, 0.05) is 21.8 Å². The van der Waals surface area contributed by atoms with E-state index in [-0.39, 0.29) is 0 Å². The molecule has 3 unspecified atom stereocenters. The van der Waals surface area contributed by atoms with Crippen molar-refractivity contribution in [3.8, 4) is 0 Å². The number of anilines is 1. The van der Waals surface area contributed by atoms with E-state index in [1.807, 2.05) is 12.1 Å². The Hall–Kier alpha value is -0.610. The molecule has 2 bridgehead atoms. The Balaban J connectivity index is 1.96. The lowest BCUT2D eigenvalue weighted by molar-refractivity contribution is 0.155. The fraction of sp³-hybridized carbons (Fsp3) is 0.588. The quantitative estimate of drug-likeness (QED) is 0.760. The Bertz CT molecular complexity index is 594. The molecule has 3 atom stereocenters. The van der Waals surface area contributed by atoms with Crippen molar-refractivity contribution in [1.82, 2.24) is 0 Å². The summed E-state index contributed by atoms with van der Waals surface area (Å²) in [5, 5.41) is 3.79. The predicted octanol–water partition coefficient (Wildman–Crippen LogP) is 4.71. The number of benzene rings is 1. The van der Waals surface area contributed by atoms with Gasteiger partial charge < -0.3 is 11.1 Å². The molecule has 0 radical (unpaired) electrons. The zero-order valence-corrected chi connectivity index (χ0v) is 15.3. The Labute approximate surface area is 141 Å². The standard InChI is InChI=1S/C17H23BrN2S/c1-16(2)10-6-7-17(3,9-10)15(16)20-13-5-4-11(18)8-12(13)14(19)21/h4-5,8,10,15,20H,6-7,9H2,1-3H3,(H2,19,21). The summed E-state index contributed by atoms with van der Waals surface area (Å²) in [6.07, 6.45) is 4.01. The minimum atomic E-state index is 0.313. The van der Waals surface area contributed by atoms with E-state index in [0.717, 1.165) is 21.6 Å². The topological polar surface area (TPSA) is 38.0 Å². The van der Waals surface area contributed by atoms with E-state index < -0.39 is 0 Å². The molecule has 0 amide bonds. The minimum absolute atomic E-state index is 0.313. The van der Waals surface area contributed by atoms with Crippen LogP contribution in [0.1, 0.15) is 45.6 Å². The first-order valence-electron chi connectivity index (χ1n) is 7.60. The average Bonchev–Trinajstić information content (AvgIpc) is 2.87. The molecule has 3 N–H and O–H groups in total. The predicted molar refractivity (Wildman–Crippen MR) is 96.7 cm³/mol. The molecule has 2 aliphatic carbocycles. The first kappa shape index (κ1) is 15.3. The Kier molecular flexibility index (Phi) is 3.61. The van der Waals surface area contributed by atoms with Gasteiger partial charge in [-0.15, -0.1) is 0 Å². The zero-order chi connectivity index (χ0) is 15.4. The van der Waals surface area contributed by atoms with Crippen LogP contribution in [0.4, 0.5) is 5.69 Å². The van der Waals surface area contributed by atoms with Crippen molar-refractivity contribution >= 4 is 38.8 Å². The molecule has 1 aromatic carbocycles. The zero-order valence-electron chi connectivity index (χ0n) is 12.9. The Morgan fingerprint density at radius 1 is 1.38 bits per heavy atom. The number of nitrogens with one attached hydrogen (secondary N) is 1. The van der Waals surface area contributed by atoms with E-state index in [4.69, 9.17) is 18.0 Å². The van der Waals surface area contributed by atoms with E-state index in [1.165, 1.54) is 19.3 Å². The largest absolute Gasteiger partial charge is 0.389 e. The van der Waals surface area contributed by atoms with Gasteiger partial charge >= 0.3 is 0 Å². The molecule has 2 nitrogen and oxygen atoms in total. The van der Waals surface area contributed by atoms with Crippen LogP contribution < -0.4 is 11.1 Å². The summed E-state index contributed by atoms with van der Waals surface area (Å²) < 4.78 is 1.01. The molecule has 0 spiro atoms. The summed E-state index contributed by atoms with van der Waals surface area (Å²) in [5.74, 6) is 0.823. The lowest BCUT2D eigenvalue weighted by Gasteiger charge is -2.44. The third-order valence-electron chi connectivity index (χ3n) is 5.82. The number of hydrogen-bond donors (Lipinski definition) is 2. The maximum absolute atomic E-state index is 5.90. The molecule has 0 heterocycles. The van der Waals surface area contributed by atoms with Crippen LogP contribution in [0.5, 0.6) is 0 Å². The van der Waals surface area contributed by atoms with Crippen LogP contribution in [0.2, 0.25) is 0 Å². The smallest absolute Gasteiger partial charge is 0.106 e. The van der Waals surface area contributed by atoms with Crippen molar-refractivity contribution in [3.05, 3.63) is 28.2 Å². The normalized spacial score (nSPS) is 33.1. The molecule has 0 saturated heterocycles. The minimum Gasteiger partial charge on any atom is -0.389 e. The van der Waals surface area contributed by atoms with E-state index in [2.05, 4.69) is 48.1 Å². The van der Waals surface area contributed by atoms with Crippen molar-refractivity contribution in [1.29, 1.82) is 0 Å². The number of rotatable bonds is 3. The highest BCUT2D eigenvalue weighted by Gasteiger charge is 2.59. The highest BCUT2D eigenvalue weighted by molar-refractivity contribution is 9.10. The molecule has 4 heteroatoms. The molecular weight excluding hydrogens is 344 g/mol. The van der Waals surface area contributed by atoms with Crippen molar-refractivity contribution in [3.63, 3.8) is 0 Å². The molecule has 114 valence electrons. The second kappa shape index (κ2) is 4.95. The summed E-state index contributed by atoms with van der Waals surface area (Å²) in [7, 11) is 0. The number of thiocarbonyl (C=S) groups is 1. The van der Waals surface area contributed by atoms with Crippen LogP contribution >= 0.6 is 28.1 Å². The van der Waals surface area contributed by atoms with E-state index >= 15 is 0 Å². The maximum Gasteiger partial charge on any atom is 0.106 e. The Morgan fingerprint density at radius 2 is 2.10 bits per heavy atom. The van der Waals surface area contributed by atoms with Gasteiger partial charge in [0.15, 0.2) is 0 Å². The second-order valence-corrected chi connectivity index (χ2v) is 8.90. The number of nitrogens with two attached hydrogens (primary N) is 1. The van der Waals surface area contributed by atoms with Crippen molar-refractivity contribution < 1.29 is 0 Å². The third kappa shape index (κ3) is 2.40. The van der Waals surface area contributed by atoms with Crippen LogP contribution in [-0.2, 0) is 0 Å². The first-order chi connectivity index (χ1) is 9.74. The first-order valence-corrected chi connectivity index (χ1v) is 8.80. The molecule has 2 fully saturated rings. The third-order valence-corrected chi connectivity index (χ3v) is 6.53. The Morgan fingerprint density at radius 3 is 2.67 bits per heavy atom. The molecule has 2 saturated carbocycles. The number of hydrogen-bond acceptors (Lipinski definition) is 2. The molecule has 1 aromatic rings. The van der Waals surface area contributed by atoms with E-state index in [9.17, 15) is 0 Å². The van der Waals surface area contributed by atoms with Crippen LogP contribution in [0.15, 0.2) is 22.7 Å². The molecule has 21 heavy (non-hydrogen) atoms. The molecule has 0 aromatic heterocycles. The summed E-state index contributed by atoms with van der Waals surface area (Å²) in [5.41, 5.74) is 8.60. The molecule has 2 aliphatic rings. The van der Waals surface area contributed by atoms with Gasteiger partial charge in [0.05, 0.1) is 0 Å². The van der Waals surface area contributed by atoms with Gasteiger partial charge in [0.1, 0.15) is 4.99 Å². The van der Waals surface area contributed by atoms with Gasteiger partial charge in [-0.3, -0.25) is 0 Å². The van der Waals surface area contributed by atoms with Crippen LogP contribution in [0, 0.1) is 16.7 Å². The van der Waals surface area contributed by atoms with Gasteiger partial charge in [-0.25, -0.2) is 0 Å². The summed E-state index contributed by atoms with van der Waals surface area (Å²) in [6, 6.07) is 6.61. The fourth-order valence-corrected chi connectivity index (χ4v) is 5.19. The summed E-state index contributed by atoms with van der Waals surface area (Å²) in [6.45, 7) is 7.23. The lowest BCUT2D eigenvalue weighted by atomic mass is 9.68. The highest BCUT2D eigenvalue weighted by Crippen LogP contribution is 2.63. The van der Waals surface area contributed by atoms with Crippen LogP contribution in [-0.4, -0.2) is 11.0 Å². The van der Waals surface area contributed by atoms with Gasteiger partial charge in [-0.2, -0.15) is 0 Å². The van der Waals surface area contributed by atoms with Crippen molar-refractivity contribution in [2.45, 2.75) is 46.1 Å². The number of halogens is 1. The van der Waals surface area contributed by atoms with Crippen LogP contribution in [0.25, 0.3) is 0 Å². The summed E-state index contributed by atoms with van der Waals surface area (Å²) in [4.78, 5) is 0.449. The van der Waals surface area contributed by atoms with Gasteiger partial charge in [-0.1, -0.05) is 48.9 Å². The van der Waals surface area contributed by atoms with Crippen molar-refractivity contribution in [2.75, 3.05) is 5.32 Å². The fourth-order valence-electron chi connectivity index (χ4n) is 4.66. The SMILES string of the molecule is CC12CCC(C1)C(C)(C)C2Nc1ccc(Br)cc1C(N)=S. The highest BCUT2D eigenvalue weighted by atomic mass is 79.9. The van der Waals surface area contributed by atoms with E-state index in [1.54, 1.807) is 0 Å². The number of fused-ring (bicyclic) bond motifs is 2. The van der Waals surface area contributed by atoms with E-state index in [0.29, 0.717) is 21.9 Å². The van der Waals surface area contributed by atoms with Crippen LogP contribution in [0.3, 0.4) is 0 Å². The summed E-state index contributed by atoms with van der Waals surface area (Å²) >= 11 is 8.72. The van der Waals surface area contributed by atoms with Gasteiger partial charge in [0.2, 0.25) is 0 Å². The molecule has 3 rings (SSSR count). The average molecular weight is 367 g/mol. The monoisotopic (exact) mass is 366 g/mol. The maximum atomic E-state index is 5.90. The van der Waals surface area contributed by atoms with Gasteiger partial charge in [0.25, 0.3) is 0 Å². The van der Waals surface area contributed by atoms with Crippen molar-refractivity contribution in [2.24, 2.45) is 22.5 Å². The lowest BCUT2D eigenvalue weighted by Crippen LogP contribution is -2.46. The second-order valence-electron chi connectivity index (χ2n) is 7.55. The van der Waals surface area contributed by atoms with Gasteiger partial charge in [-0.05, 0) is 54.2 Å². The molecule has 0 aliphatic heterocycles. The molecular formula is C17H23BrN2S.